The van der Waals surface area contributed by atoms with Gasteiger partial charge in [0.2, 0.25) is 0 Å². The largest absolute Gasteiger partial charge is 0.367 e. The van der Waals surface area contributed by atoms with Crippen LogP contribution < -0.4 is 10.2 Å². The molecule has 7 nitrogen and oxygen atoms in total. The van der Waals surface area contributed by atoms with Gasteiger partial charge >= 0.3 is 6.03 Å². The van der Waals surface area contributed by atoms with Crippen LogP contribution in [0.4, 0.5) is 10.5 Å². The number of carbonyl (C=O) groups is 1. The number of hydrogen-bond acceptors (Lipinski definition) is 4. The fourth-order valence-electron chi connectivity index (χ4n) is 2.92. The summed E-state index contributed by atoms with van der Waals surface area (Å²) in [4.78, 5) is 28.3. The Morgan fingerprint density at radius 1 is 1.33 bits per heavy atom. The van der Waals surface area contributed by atoms with Crippen LogP contribution in [0.5, 0.6) is 0 Å². The molecule has 2 N–H and O–H groups in total. The quantitative estimate of drug-likeness (QED) is 0.901. The van der Waals surface area contributed by atoms with Crippen LogP contribution in [-0.4, -0.2) is 52.1 Å². The second-order valence-corrected chi connectivity index (χ2v) is 6.05. The number of imidazole rings is 1. The first-order valence-corrected chi connectivity index (χ1v) is 8.39. The maximum Gasteiger partial charge on any atom is 0.318 e. The predicted molar refractivity (Wildman–Crippen MR) is 92.9 cm³/mol. The lowest BCUT2D eigenvalue weighted by atomic mass is 10.2. The highest BCUT2D eigenvalue weighted by molar-refractivity contribution is 5.75. The van der Waals surface area contributed by atoms with Gasteiger partial charge in [0.15, 0.2) is 0 Å². The molecule has 0 aromatic carbocycles. The minimum atomic E-state index is -0.0810. The van der Waals surface area contributed by atoms with Crippen molar-refractivity contribution in [2.24, 2.45) is 0 Å². The molecule has 0 spiro atoms. The zero-order valence-corrected chi connectivity index (χ0v) is 14.2. The maximum atomic E-state index is 12.5. The molecule has 128 valence electrons. The number of urea groups is 1. The van der Waals surface area contributed by atoms with E-state index >= 15 is 0 Å². The number of H-pyrrole nitrogens is 1. The summed E-state index contributed by atoms with van der Waals surface area (Å²) in [6.45, 7) is 7.04. The molecule has 7 heteroatoms. The van der Waals surface area contributed by atoms with Gasteiger partial charge in [-0.15, -0.1) is 0 Å². The van der Waals surface area contributed by atoms with E-state index in [0.29, 0.717) is 13.1 Å². The van der Waals surface area contributed by atoms with Gasteiger partial charge in [-0.3, -0.25) is 4.98 Å². The number of aryl methyl sites for hydroxylation is 1. The Hall–Kier alpha value is -2.57. The van der Waals surface area contributed by atoms with Gasteiger partial charge < -0.3 is 20.1 Å². The molecule has 0 aliphatic carbocycles. The molecule has 0 bridgehead atoms. The topological polar surface area (TPSA) is 77.2 Å². The molecule has 0 unspecified atom stereocenters. The summed E-state index contributed by atoms with van der Waals surface area (Å²) in [5, 5.41) is 3.08. The minimum Gasteiger partial charge on any atom is -0.367 e. The number of anilines is 1. The first-order chi connectivity index (χ1) is 11.7. The van der Waals surface area contributed by atoms with E-state index in [-0.39, 0.29) is 12.1 Å². The van der Waals surface area contributed by atoms with E-state index in [2.05, 4.69) is 31.2 Å². The molecule has 3 heterocycles. The lowest BCUT2D eigenvalue weighted by Crippen LogP contribution is -2.52. The average molecular weight is 328 g/mol. The van der Waals surface area contributed by atoms with Crippen LogP contribution in [0.3, 0.4) is 0 Å². The maximum absolute atomic E-state index is 12.5. The molecule has 1 aliphatic heterocycles. The summed E-state index contributed by atoms with van der Waals surface area (Å²) in [5.74, 6) is 0.817. The van der Waals surface area contributed by atoms with Crippen molar-refractivity contribution < 1.29 is 4.79 Å². The van der Waals surface area contributed by atoms with E-state index in [1.807, 2.05) is 31.0 Å². The number of piperazine rings is 1. The number of nitrogens with one attached hydrogen (secondary N) is 2. The number of rotatable bonds is 4. The van der Waals surface area contributed by atoms with Crippen molar-refractivity contribution in [1.82, 2.24) is 25.2 Å². The van der Waals surface area contributed by atoms with Crippen LogP contribution in [0, 0.1) is 6.92 Å². The number of aromatic nitrogens is 3. The lowest BCUT2D eigenvalue weighted by molar-refractivity contribution is 0.189. The van der Waals surface area contributed by atoms with E-state index < -0.39 is 0 Å². The average Bonchev–Trinajstić information content (AvgIpc) is 3.06. The number of hydrogen-bond donors (Lipinski definition) is 2. The van der Waals surface area contributed by atoms with Gasteiger partial charge in [0.25, 0.3) is 0 Å². The Labute approximate surface area is 142 Å². The standard InChI is InChI=1S/C17H24N6O/c1-3-15(16-19-11-13(2)20-16)21-17(24)23-9-7-22(8-10-23)14-5-4-6-18-12-14/h4-6,11-12,15H,3,7-10H2,1-2H3,(H,19,20)(H,21,24)/t15-/m0/s1. The Kier molecular flexibility index (Phi) is 4.98. The molecular formula is C17H24N6O. The SMILES string of the molecule is CC[C@H](NC(=O)N1CCN(c2cccnc2)CC1)c1ncc(C)[nH]1. The number of carbonyl (C=O) groups excluding carboxylic acids is 1. The molecule has 1 aliphatic rings. The summed E-state index contributed by atoms with van der Waals surface area (Å²) in [6.07, 6.45) is 6.22. The summed E-state index contributed by atoms with van der Waals surface area (Å²) in [7, 11) is 0. The first kappa shape index (κ1) is 16.3. The summed E-state index contributed by atoms with van der Waals surface area (Å²) in [5.41, 5.74) is 2.11. The van der Waals surface area contributed by atoms with Crippen molar-refractivity contribution in [3.8, 4) is 0 Å². The Balaban J connectivity index is 1.55. The van der Waals surface area contributed by atoms with Crippen LogP contribution in [0.1, 0.15) is 30.9 Å². The van der Waals surface area contributed by atoms with Crippen molar-refractivity contribution in [2.75, 3.05) is 31.1 Å². The van der Waals surface area contributed by atoms with Crippen molar-refractivity contribution in [3.63, 3.8) is 0 Å². The Morgan fingerprint density at radius 2 is 2.12 bits per heavy atom. The van der Waals surface area contributed by atoms with Crippen molar-refractivity contribution in [1.29, 1.82) is 0 Å². The summed E-state index contributed by atoms with van der Waals surface area (Å²) >= 11 is 0. The number of nitrogens with zero attached hydrogens (tertiary/aromatic N) is 4. The third kappa shape index (κ3) is 3.67. The zero-order chi connectivity index (χ0) is 16.9. The van der Waals surface area contributed by atoms with E-state index in [9.17, 15) is 4.79 Å². The number of aromatic amines is 1. The van der Waals surface area contributed by atoms with Gasteiger partial charge in [0.05, 0.1) is 17.9 Å². The fraction of sp³-hybridized carbons (Fsp3) is 0.471. The molecule has 24 heavy (non-hydrogen) atoms. The summed E-state index contributed by atoms with van der Waals surface area (Å²) < 4.78 is 0. The van der Waals surface area contributed by atoms with Crippen molar-refractivity contribution in [2.45, 2.75) is 26.3 Å². The number of amides is 2. The van der Waals surface area contributed by atoms with Crippen LogP contribution in [-0.2, 0) is 0 Å². The van der Waals surface area contributed by atoms with E-state index in [4.69, 9.17) is 0 Å². The monoisotopic (exact) mass is 328 g/mol. The van der Waals surface area contributed by atoms with Crippen LogP contribution >= 0.6 is 0 Å². The molecule has 3 rings (SSSR count). The van der Waals surface area contributed by atoms with Gasteiger partial charge in [-0.1, -0.05) is 6.92 Å². The highest BCUT2D eigenvalue weighted by atomic mass is 16.2. The highest BCUT2D eigenvalue weighted by Crippen LogP contribution is 2.16. The third-order valence-electron chi connectivity index (χ3n) is 4.34. The van der Waals surface area contributed by atoms with Crippen LogP contribution in [0.15, 0.2) is 30.7 Å². The fourth-order valence-corrected chi connectivity index (χ4v) is 2.92. The molecule has 1 atom stereocenters. The van der Waals surface area contributed by atoms with E-state index in [1.165, 1.54) is 0 Å². The van der Waals surface area contributed by atoms with Gasteiger partial charge in [-0.25, -0.2) is 9.78 Å². The predicted octanol–water partition coefficient (Wildman–Crippen LogP) is 2.10. The zero-order valence-electron chi connectivity index (χ0n) is 14.2. The third-order valence-corrected chi connectivity index (χ3v) is 4.34. The van der Waals surface area contributed by atoms with Gasteiger partial charge in [-0.2, -0.15) is 0 Å². The highest BCUT2D eigenvalue weighted by Gasteiger charge is 2.24. The molecule has 2 aromatic heterocycles. The Bertz CT molecular complexity index is 663. The molecule has 1 saturated heterocycles. The minimum absolute atomic E-state index is 0.0262. The molecule has 1 fully saturated rings. The van der Waals surface area contributed by atoms with E-state index in [1.54, 1.807) is 12.4 Å². The second kappa shape index (κ2) is 7.33. The van der Waals surface area contributed by atoms with Gasteiger partial charge in [0.1, 0.15) is 5.82 Å². The first-order valence-electron chi connectivity index (χ1n) is 8.39. The molecule has 2 amide bonds. The van der Waals surface area contributed by atoms with Crippen LogP contribution in [0.2, 0.25) is 0 Å². The Morgan fingerprint density at radius 3 is 2.71 bits per heavy atom. The smallest absolute Gasteiger partial charge is 0.318 e. The van der Waals surface area contributed by atoms with Gasteiger partial charge in [0, 0.05) is 44.3 Å². The lowest BCUT2D eigenvalue weighted by Gasteiger charge is -2.36. The van der Waals surface area contributed by atoms with Crippen molar-refractivity contribution >= 4 is 11.7 Å². The van der Waals surface area contributed by atoms with E-state index in [0.717, 1.165) is 36.7 Å². The van der Waals surface area contributed by atoms with Crippen molar-refractivity contribution in [3.05, 3.63) is 42.2 Å². The molecule has 0 saturated carbocycles. The normalized spacial score (nSPS) is 16.1. The second-order valence-electron chi connectivity index (χ2n) is 6.05. The molecular weight excluding hydrogens is 304 g/mol. The number of pyridine rings is 1. The molecule has 0 radical (unpaired) electrons. The van der Waals surface area contributed by atoms with Crippen LogP contribution in [0.25, 0.3) is 0 Å². The summed E-state index contributed by atoms with van der Waals surface area (Å²) in [6, 6.07) is 3.88. The molecule has 2 aromatic rings. The van der Waals surface area contributed by atoms with Gasteiger partial charge in [-0.05, 0) is 25.5 Å².